The molecule has 0 bridgehead atoms. The molecule has 160 valence electrons. The maximum atomic E-state index is 12.2. The molecule has 0 amide bonds. The van der Waals surface area contributed by atoms with Crippen molar-refractivity contribution in [3.05, 3.63) is 29.8 Å². The molecule has 0 spiro atoms. The molecular formula is C17H29IN4O4S2. The second kappa shape index (κ2) is 9.72. The molecule has 11 heteroatoms. The van der Waals surface area contributed by atoms with E-state index in [4.69, 9.17) is 5.14 Å². The molecule has 1 aliphatic rings. The first-order valence-electron chi connectivity index (χ1n) is 8.83. The summed E-state index contributed by atoms with van der Waals surface area (Å²) in [6.45, 7) is 7.45. The van der Waals surface area contributed by atoms with E-state index >= 15 is 0 Å². The van der Waals surface area contributed by atoms with E-state index in [2.05, 4.69) is 10.3 Å². The summed E-state index contributed by atoms with van der Waals surface area (Å²) in [5, 5.41) is 8.32. The minimum absolute atomic E-state index is 0. The van der Waals surface area contributed by atoms with Crippen molar-refractivity contribution in [1.29, 1.82) is 0 Å². The molecule has 0 unspecified atom stereocenters. The Hall–Kier alpha value is -0.920. The number of primary sulfonamides is 1. The monoisotopic (exact) mass is 544 g/mol. The summed E-state index contributed by atoms with van der Waals surface area (Å²) < 4.78 is 46.1. The van der Waals surface area contributed by atoms with Gasteiger partial charge in [0, 0.05) is 26.2 Å². The molecule has 0 saturated carbocycles. The van der Waals surface area contributed by atoms with Crippen LogP contribution in [0, 0.1) is 0 Å². The quantitative estimate of drug-likeness (QED) is 0.324. The van der Waals surface area contributed by atoms with E-state index in [0.29, 0.717) is 38.6 Å². The van der Waals surface area contributed by atoms with E-state index in [9.17, 15) is 16.8 Å². The minimum Gasteiger partial charge on any atom is -0.357 e. The zero-order chi connectivity index (χ0) is 20.3. The number of nitrogens with one attached hydrogen (secondary N) is 1. The number of aliphatic imine (C=N–C) groups is 1. The molecule has 0 aromatic heterocycles. The van der Waals surface area contributed by atoms with Crippen molar-refractivity contribution in [3.8, 4) is 0 Å². The Kier molecular flexibility index (Phi) is 8.72. The molecule has 3 N–H and O–H groups in total. The molecule has 0 atom stereocenters. The lowest BCUT2D eigenvalue weighted by Gasteiger charge is -2.39. The highest BCUT2D eigenvalue weighted by Crippen LogP contribution is 2.23. The van der Waals surface area contributed by atoms with Gasteiger partial charge < -0.3 is 10.2 Å². The minimum atomic E-state index is -3.69. The third kappa shape index (κ3) is 6.29. The molecule has 1 aromatic rings. The highest BCUT2D eigenvalue weighted by atomic mass is 127. The number of sulfone groups is 1. The van der Waals surface area contributed by atoms with Crippen molar-refractivity contribution in [1.82, 2.24) is 10.2 Å². The number of sulfonamides is 1. The van der Waals surface area contributed by atoms with Crippen LogP contribution in [-0.4, -0.2) is 64.4 Å². The van der Waals surface area contributed by atoms with Gasteiger partial charge in [-0.1, -0.05) is 12.1 Å². The predicted molar refractivity (Wildman–Crippen MR) is 122 cm³/mol. The van der Waals surface area contributed by atoms with Crippen molar-refractivity contribution >= 4 is 49.8 Å². The lowest BCUT2D eigenvalue weighted by Crippen LogP contribution is -2.57. The van der Waals surface area contributed by atoms with Crippen molar-refractivity contribution in [2.24, 2.45) is 10.1 Å². The highest BCUT2D eigenvalue weighted by molar-refractivity contribution is 14.0. The standard InChI is InChI=1S/C17H28N4O4S2.HI/c1-4-19-16(21-11-12-26(22,23)17(2,3)13-21)20-10-9-14-5-7-15(8-6-14)27(18,24)25;/h5-8H,4,9-13H2,1-3H3,(H,19,20)(H2,18,24,25);1H. The van der Waals surface area contributed by atoms with Crippen molar-refractivity contribution < 1.29 is 16.8 Å². The third-order valence-electron chi connectivity index (χ3n) is 4.59. The van der Waals surface area contributed by atoms with E-state index < -0.39 is 24.6 Å². The number of nitrogens with two attached hydrogens (primary N) is 1. The Morgan fingerprint density at radius 1 is 1.29 bits per heavy atom. The van der Waals surface area contributed by atoms with E-state index in [-0.39, 0.29) is 34.6 Å². The second-order valence-corrected chi connectivity index (χ2v) is 11.5. The molecule has 1 fully saturated rings. The normalized spacial score (nSPS) is 19.0. The Labute approximate surface area is 185 Å². The van der Waals surface area contributed by atoms with Crippen molar-refractivity contribution in [3.63, 3.8) is 0 Å². The van der Waals surface area contributed by atoms with E-state index in [0.717, 1.165) is 5.56 Å². The molecule has 1 saturated heterocycles. The van der Waals surface area contributed by atoms with Crippen LogP contribution in [0.3, 0.4) is 0 Å². The summed E-state index contributed by atoms with van der Waals surface area (Å²) in [6, 6.07) is 6.41. The number of rotatable bonds is 5. The van der Waals surface area contributed by atoms with Gasteiger partial charge in [0.2, 0.25) is 10.0 Å². The van der Waals surface area contributed by atoms with Crippen LogP contribution in [0.1, 0.15) is 26.3 Å². The third-order valence-corrected chi connectivity index (χ3v) is 8.05. The molecule has 0 aliphatic carbocycles. The fraction of sp³-hybridized carbons (Fsp3) is 0.588. The van der Waals surface area contributed by atoms with E-state index in [1.54, 1.807) is 26.0 Å². The Morgan fingerprint density at radius 3 is 2.39 bits per heavy atom. The summed E-state index contributed by atoms with van der Waals surface area (Å²) in [5.41, 5.74) is 0.948. The van der Waals surface area contributed by atoms with Crippen LogP contribution in [-0.2, 0) is 26.3 Å². The van der Waals surface area contributed by atoms with Crippen LogP contribution in [0.5, 0.6) is 0 Å². The van der Waals surface area contributed by atoms with Crippen LogP contribution >= 0.6 is 24.0 Å². The average molecular weight is 544 g/mol. The molecule has 1 aromatic carbocycles. The number of benzene rings is 1. The number of halogens is 1. The largest absolute Gasteiger partial charge is 0.357 e. The molecule has 1 heterocycles. The first-order chi connectivity index (χ1) is 12.5. The van der Waals surface area contributed by atoms with Gasteiger partial charge in [0.25, 0.3) is 0 Å². The fourth-order valence-corrected chi connectivity index (χ4v) is 4.77. The molecule has 2 rings (SSSR count). The number of hydrogen-bond donors (Lipinski definition) is 2. The topological polar surface area (TPSA) is 122 Å². The van der Waals surface area contributed by atoms with Gasteiger partial charge in [0.05, 0.1) is 15.4 Å². The summed E-state index contributed by atoms with van der Waals surface area (Å²) in [7, 11) is -6.80. The lowest BCUT2D eigenvalue weighted by atomic mass is 10.1. The summed E-state index contributed by atoms with van der Waals surface area (Å²) in [6.07, 6.45) is 0.634. The van der Waals surface area contributed by atoms with Crippen molar-refractivity contribution in [2.75, 3.05) is 31.9 Å². The number of hydrogen-bond acceptors (Lipinski definition) is 5. The number of guanidine groups is 1. The van der Waals surface area contributed by atoms with Crippen LogP contribution in [0.2, 0.25) is 0 Å². The van der Waals surface area contributed by atoms with Gasteiger partial charge >= 0.3 is 0 Å². The van der Waals surface area contributed by atoms with Crippen LogP contribution in [0.4, 0.5) is 0 Å². The first kappa shape index (κ1) is 25.1. The Balaban J connectivity index is 0.00000392. The highest BCUT2D eigenvalue weighted by Gasteiger charge is 2.40. The van der Waals surface area contributed by atoms with E-state index in [1.807, 2.05) is 11.8 Å². The van der Waals surface area contributed by atoms with Gasteiger partial charge in [-0.3, -0.25) is 4.99 Å². The van der Waals surface area contributed by atoms with Gasteiger partial charge in [-0.05, 0) is 44.9 Å². The van der Waals surface area contributed by atoms with Gasteiger partial charge in [-0.2, -0.15) is 0 Å². The Bertz CT molecular complexity index is 898. The van der Waals surface area contributed by atoms with Gasteiger partial charge in [-0.15, -0.1) is 24.0 Å². The fourth-order valence-electron chi connectivity index (χ4n) is 2.89. The SMILES string of the molecule is CCNC(=NCCc1ccc(S(N)(=O)=O)cc1)N1CCS(=O)(=O)C(C)(C)C1.I. The van der Waals surface area contributed by atoms with Crippen LogP contribution in [0.25, 0.3) is 0 Å². The zero-order valence-electron chi connectivity index (χ0n) is 16.4. The summed E-state index contributed by atoms with van der Waals surface area (Å²) >= 11 is 0. The van der Waals surface area contributed by atoms with Gasteiger partial charge in [-0.25, -0.2) is 22.0 Å². The lowest BCUT2D eigenvalue weighted by molar-refractivity contribution is 0.353. The van der Waals surface area contributed by atoms with E-state index in [1.165, 1.54) is 12.1 Å². The number of nitrogens with zero attached hydrogens (tertiary/aromatic N) is 2. The smallest absolute Gasteiger partial charge is 0.238 e. The maximum absolute atomic E-state index is 12.2. The zero-order valence-corrected chi connectivity index (χ0v) is 20.3. The maximum Gasteiger partial charge on any atom is 0.238 e. The predicted octanol–water partition coefficient (Wildman–Crippen LogP) is 0.969. The van der Waals surface area contributed by atoms with Crippen LogP contribution < -0.4 is 10.5 Å². The molecule has 1 aliphatic heterocycles. The molecule has 28 heavy (non-hydrogen) atoms. The molecule has 8 nitrogen and oxygen atoms in total. The Morgan fingerprint density at radius 2 is 1.89 bits per heavy atom. The summed E-state index contributed by atoms with van der Waals surface area (Å²) in [5.74, 6) is 0.807. The second-order valence-electron chi connectivity index (χ2n) is 7.17. The van der Waals surface area contributed by atoms with Crippen LogP contribution in [0.15, 0.2) is 34.2 Å². The average Bonchev–Trinajstić information content (AvgIpc) is 2.56. The summed E-state index contributed by atoms with van der Waals surface area (Å²) in [4.78, 5) is 6.67. The van der Waals surface area contributed by atoms with Gasteiger partial charge in [0.1, 0.15) is 0 Å². The molecule has 0 radical (unpaired) electrons. The van der Waals surface area contributed by atoms with Gasteiger partial charge in [0.15, 0.2) is 15.8 Å². The first-order valence-corrected chi connectivity index (χ1v) is 12.0. The van der Waals surface area contributed by atoms with Crippen molar-refractivity contribution in [2.45, 2.75) is 36.8 Å². The molecular weight excluding hydrogens is 515 g/mol.